The van der Waals surface area contributed by atoms with Crippen molar-refractivity contribution in [3.63, 3.8) is 0 Å². The van der Waals surface area contributed by atoms with Gasteiger partial charge in [0.25, 0.3) is 0 Å². The molecule has 0 aromatic heterocycles. The minimum Gasteiger partial charge on any atom is -0.493 e. The molecular weight excluding hydrogens is 234 g/mol. The number of hydrogen-bond donors (Lipinski definition) is 1. The van der Waals surface area contributed by atoms with Gasteiger partial charge in [0, 0.05) is 6.42 Å². The summed E-state index contributed by atoms with van der Waals surface area (Å²) in [4.78, 5) is 22.0. The van der Waals surface area contributed by atoms with Gasteiger partial charge in [-0.15, -0.1) is 0 Å². The molecule has 1 saturated heterocycles. The van der Waals surface area contributed by atoms with Crippen LogP contribution in [-0.2, 0) is 4.79 Å². The van der Waals surface area contributed by atoms with E-state index in [1.165, 1.54) is 7.11 Å². The fourth-order valence-corrected chi connectivity index (χ4v) is 1.93. The Morgan fingerprint density at radius 3 is 2.94 bits per heavy atom. The SMILES string of the molecule is COc1cccc(C=O)c1OCC1CCC(=O)N1. The lowest BCUT2D eigenvalue weighted by Crippen LogP contribution is -2.31. The van der Waals surface area contributed by atoms with E-state index in [1.54, 1.807) is 18.2 Å². The Bertz CT molecular complexity index is 458. The van der Waals surface area contributed by atoms with Gasteiger partial charge in [-0.3, -0.25) is 9.59 Å². The quantitative estimate of drug-likeness (QED) is 0.795. The van der Waals surface area contributed by atoms with Gasteiger partial charge in [-0.25, -0.2) is 0 Å². The first kappa shape index (κ1) is 12.4. The maximum atomic E-state index is 11.1. The van der Waals surface area contributed by atoms with Gasteiger partial charge in [-0.1, -0.05) is 6.07 Å². The Labute approximate surface area is 105 Å². The van der Waals surface area contributed by atoms with Gasteiger partial charge in [0.05, 0.1) is 18.7 Å². The van der Waals surface area contributed by atoms with Gasteiger partial charge in [0.1, 0.15) is 6.61 Å². The molecule has 96 valence electrons. The van der Waals surface area contributed by atoms with Crippen molar-refractivity contribution < 1.29 is 19.1 Å². The van der Waals surface area contributed by atoms with Crippen molar-refractivity contribution in [3.05, 3.63) is 23.8 Å². The van der Waals surface area contributed by atoms with E-state index in [1.807, 2.05) is 0 Å². The average Bonchev–Trinajstić information content (AvgIpc) is 2.81. The van der Waals surface area contributed by atoms with Crippen LogP contribution in [0.3, 0.4) is 0 Å². The first-order chi connectivity index (χ1) is 8.74. The number of hydrogen-bond acceptors (Lipinski definition) is 4. The molecule has 1 aliphatic rings. The fraction of sp³-hybridized carbons (Fsp3) is 0.385. The van der Waals surface area contributed by atoms with Crippen molar-refractivity contribution in [3.8, 4) is 11.5 Å². The molecule has 0 radical (unpaired) electrons. The van der Waals surface area contributed by atoms with Crippen LogP contribution in [0.4, 0.5) is 0 Å². The Hall–Kier alpha value is -2.04. The lowest BCUT2D eigenvalue weighted by Gasteiger charge is -2.15. The monoisotopic (exact) mass is 249 g/mol. The van der Waals surface area contributed by atoms with E-state index in [4.69, 9.17) is 9.47 Å². The molecule has 1 aliphatic heterocycles. The average molecular weight is 249 g/mol. The minimum atomic E-state index is 0.00177. The van der Waals surface area contributed by atoms with E-state index in [2.05, 4.69) is 5.32 Å². The maximum Gasteiger partial charge on any atom is 0.220 e. The van der Waals surface area contributed by atoms with Crippen molar-refractivity contribution >= 4 is 12.2 Å². The molecule has 1 unspecified atom stereocenters. The van der Waals surface area contributed by atoms with Gasteiger partial charge in [-0.05, 0) is 18.6 Å². The van der Waals surface area contributed by atoms with Crippen LogP contribution >= 0.6 is 0 Å². The zero-order valence-electron chi connectivity index (χ0n) is 10.1. The number of para-hydroxylation sites is 1. The number of carbonyl (C=O) groups is 2. The third-order valence-electron chi connectivity index (χ3n) is 2.87. The lowest BCUT2D eigenvalue weighted by molar-refractivity contribution is -0.119. The number of amides is 1. The van der Waals surface area contributed by atoms with E-state index in [-0.39, 0.29) is 11.9 Å². The Morgan fingerprint density at radius 1 is 1.50 bits per heavy atom. The summed E-state index contributed by atoms with van der Waals surface area (Å²) in [6, 6.07) is 5.13. The normalized spacial score (nSPS) is 18.3. The maximum absolute atomic E-state index is 11.1. The highest BCUT2D eigenvalue weighted by Crippen LogP contribution is 2.30. The van der Waals surface area contributed by atoms with E-state index < -0.39 is 0 Å². The van der Waals surface area contributed by atoms with Gasteiger partial charge in [0.2, 0.25) is 5.91 Å². The van der Waals surface area contributed by atoms with Crippen LogP contribution in [0.2, 0.25) is 0 Å². The molecule has 1 N–H and O–H groups in total. The summed E-state index contributed by atoms with van der Waals surface area (Å²) in [6.45, 7) is 0.340. The van der Waals surface area contributed by atoms with E-state index in [0.717, 1.165) is 12.7 Å². The zero-order valence-corrected chi connectivity index (χ0v) is 10.1. The molecule has 1 fully saturated rings. The van der Waals surface area contributed by atoms with Crippen LogP contribution in [0.25, 0.3) is 0 Å². The van der Waals surface area contributed by atoms with Crippen molar-refractivity contribution in [2.24, 2.45) is 0 Å². The molecule has 0 spiro atoms. The molecular formula is C13H15NO4. The number of benzene rings is 1. The number of methoxy groups -OCH3 is 1. The predicted octanol–water partition coefficient (Wildman–Crippen LogP) is 1.17. The topological polar surface area (TPSA) is 64.6 Å². The van der Waals surface area contributed by atoms with E-state index in [0.29, 0.717) is 30.1 Å². The van der Waals surface area contributed by atoms with Crippen molar-refractivity contribution in [1.29, 1.82) is 0 Å². The van der Waals surface area contributed by atoms with Crippen LogP contribution in [0.5, 0.6) is 11.5 Å². The molecule has 1 amide bonds. The molecule has 5 heteroatoms. The highest BCUT2D eigenvalue weighted by Gasteiger charge is 2.22. The second-order valence-corrected chi connectivity index (χ2v) is 4.11. The second kappa shape index (κ2) is 5.53. The molecule has 0 bridgehead atoms. The van der Waals surface area contributed by atoms with Crippen molar-refractivity contribution in [1.82, 2.24) is 5.32 Å². The number of rotatable bonds is 5. The summed E-state index contributed by atoms with van der Waals surface area (Å²) in [5.41, 5.74) is 0.443. The number of carbonyl (C=O) groups excluding carboxylic acids is 2. The fourth-order valence-electron chi connectivity index (χ4n) is 1.93. The molecule has 5 nitrogen and oxygen atoms in total. The summed E-state index contributed by atoms with van der Waals surface area (Å²) >= 11 is 0. The lowest BCUT2D eigenvalue weighted by atomic mass is 10.2. The summed E-state index contributed by atoms with van der Waals surface area (Å²) in [5, 5.41) is 2.81. The summed E-state index contributed by atoms with van der Waals surface area (Å²) in [6.07, 6.45) is 2.01. The Balaban J connectivity index is 2.07. The Morgan fingerprint density at radius 2 is 2.33 bits per heavy atom. The van der Waals surface area contributed by atoms with Crippen LogP contribution in [0, 0.1) is 0 Å². The Kier molecular flexibility index (Phi) is 3.82. The smallest absolute Gasteiger partial charge is 0.220 e. The number of ether oxygens (including phenoxy) is 2. The molecule has 18 heavy (non-hydrogen) atoms. The van der Waals surface area contributed by atoms with Crippen molar-refractivity contribution in [2.75, 3.05) is 13.7 Å². The first-order valence-corrected chi connectivity index (χ1v) is 5.79. The third kappa shape index (κ3) is 2.61. The van der Waals surface area contributed by atoms with Gasteiger partial charge < -0.3 is 14.8 Å². The first-order valence-electron chi connectivity index (χ1n) is 5.79. The van der Waals surface area contributed by atoms with Gasteiger partial charge in [-0.2, -0.15) is 0 Å². The van der Waals surface area contributed by atoms with E-state index >= 15 is 0 Å². The summed E-state index contributed by atoms with van der Waals surface area (Å²) in [5.74, 6) is 0.985. The number of aldehydes is 1. The van der Waals surface area contributed by atoms with Gasteiger partial charge >= 0.3 is 0 Å². The summed E-state index contributed by atoms with van der Waals surface area (Å²) in [7, 11) is 1.52. The molecule has 1 aromatic rings. The number of nitrogens with one attached hydrogen (secondary N) is 1. The third-order valence-corrected chi connectivity index (χ3v) is 2.87. The predicted molar refractivity (Wildman–Crippen MR) is 65.0 cm³/mol. The summed E-state index contributed by atoms with van der Waals surface area (Å²) < 4.78 is 10.8. The highest BCUT2D eigenvalue weighted by atomic mass is 16.5. The van der Waals surface area contributed by atoms with Crippen LogP contribution < -0.4 is 14.8 Å². The van der Waals surface area contributed by atoms with Gasteiger partial charge in [0.15, 0.2) is 17.8 Å². The largest absolute Gasteiger partial charge is 0.493 e. The van der Waals surface area contributed by atoms with Crippen molar-refractivity contribution in [2.45, 2.75) is 18.9 Å². The van der Waals surface area contributed by atoms with Crippen LogP contribution in [-0.4, -0.2) is 32.0 Å². The standard InChI is InChI=1S/C13H15NO4/c1-17-11-4-2-3-9(7-15)13(11)18-8-10-5-6-12(16)14-10/h2-4,7,10H,5-6,8H2,1H3,(H,14,16). The van der Waals surface area contributed by atoms with E-state index in [9.17, 15) is 9.59 Å². The molecule has 2 rings (SSSR count). The molecule has 1 aromatic carbocycles. The van der Waals surface area contributed by atoms with Crippen LogP contribution in [0.1, 0.15) is 23.2 Å². The molecule has 1 atom stereocenters. The molecule has 0 aliphatic carbocycles. The molecule has 1 heterocycles. The van der Waals surface area contributed by atoms with Crippen LogP contribution in [0.15, 0.2) is 18.2 Å². The molecule has 0 saturated carbocycles. The zero-order chi connectivity index (χ0) is 13.0. The minimum absolute atomic E-state index is 0.00177. The highest BCUT2D eigenvalue weighted by molar-refractivity contribution is 5.81. The second-order valence-electron chi connectivity index (χ2n) is 4.11.